The predicted molar refractivity (Wildman–Crippen MR) is 61.7 cm³/mol. The number of anilines is 1. The summed E-state index contributed by atoms with van der Waals surface area (Å²) in [7, 11) is 0. The number of rotatable bonds is 6. The van der Waals surface area contributed by atoms with Crippen molar-refractivity contribution in [2.45, 2.75) is 20.0 Å². The van der Waals surface area contributed by atoms with Crippen molar-refractivity contribution < 1.29 is 9.47 Å². The fourth-order valence-corrected chi connectivity index (χ4v) is 1.34. The molecule has 1 unspecified atom stereocenters. The quantitative estimate of drug-likeness (QED) is 0.578. The van der Waals surface area contributed by atoms with Crippen molar-refractivity contribution >= 4 is 5.69 Å². The third-order valence-corrected chi connectivity index (χ3v) is 2.18. The van der Waals surface area contributed by atoms with E-state index in [4.69, 9.17) is 15.2 Å². The van der Waals surface area contributed by atoms with Crippen LogP contribution >= 0.6 is 0 Å². The maximum Gasteiger partial charge on any atom is 0.0798 e. The van der Waals surface area contributed by atoms with E-state index in [0.29, 0.717) is 13.2 Å². The molecule has 0 heterocycles. The number of hydrogen-bond acceptors (Lipinski definition) is 3. The van der Waals surface area contributed by atoms with Gasteiger partial charge in [0, 0.05) is 12.3 Å². The van der Waals surface area contributed by atoms with Crippen molar-refractivity contribution in [3.8, 4) is 0 Å². The molecule has 0 amide bonds. The van der Waals surface area contributed by atoms with Gasteiger partial charge in [-0.3, -0.25) is 0 Å². The largest absolute Gasteiger partial charge is 0.399 e. The molecule has 0 aromatic heterocycles. The molecular weight excluding hydrogens is 190 g/mol. The third-order valence-electron chi connectivity index (χ3n) is 2.18. The Morgan fingerprint density at radius 1 is 1.33 bits per heavy atom. The minimum Gasteiger partial charge on any atom is -0.399 e. The van der Waals surface area contributed by atoms with Crippen LogP contribution in [0.4, 0.5) is 5.69 Å². The van der Waals surface area contributed by atoms with E-state index in [1.165, 1.54) is 0 Å². The van der Waals surface area contributed by atoms with Crippen molar-refractivity contribution in [1.29, 1.82) is 0 Å². The molecule has 1 aromatic rings. The number of hydrogen-bond donors (Lipinski definition) is 1. The molecule has 0 aliphatic carbocycles. The second kappa shape index (κ2) is 6.43. The first kappa shape index (κ1) is 12.0. The monoisotopic (exact) mass is 209 g/mol. The van der Waals surface area contributed by atoms with Crippen LogP contribution in [-0.2, 0) is 9.47 Å². The van der Waals surface area contributed by atoms with Crippen molar-refractivity contribution in [2.75, 3.05) is 25.6 Å². The molecule has 1 rings (SSSR count). The van der Waals surface area contributed by atoms with Gasteiger partial charge in [-0.15, -0.1) is 0 Å². The van der Waals surface area contributed by atoms with Gasteiger partial charge in [0.2, 0.25) is 0 Å². The lowest BCUT2D eigenvalue weighted by Crippen LogP contribution is -2.07. The molecule has 0 aliphatic heterocycles. The number of ether oxygens (including phenoxy) is 2. The molecule has 2 N–H and O–H groups in total. The highest BCUT2D eigenvalue weighted by molar-refractivity contribution is 5.41. The SMILES string of the molecule is CCOCCOC(C)c1cccc(N)c1. The van der Waals surface area contributed by atoms with Crippen LogP contribution in [0.3, 0.4) is 0 Å². The highest BCUT2D eigenvalue weighted by Gasteiger charge is 2.05. The molecule has 0 bridgehead atoms. The van der Waals surface area contributed by atoms with E-state index in [1.54, 1.807) is 0 Å². The fraction of sp³-hybridized carbons (Fsp3) is 0.500. The molecule has 15 heavy (non-hydrogen) atoms. The highest BCUT2D eigenvalue weighted by atomic mass is 16.5. The van der Waals surface area contributed by atoms with Crippen LogP contribution in [0, 0.1) is 0 Å². The first-order valence-corrected chi connectivity index (χ1v) is 5.28. The summed E-state index contributed by atoms with van der Waals surface area (Å²) in [6.07, 6.45) is 0.0638. The van der Waals surface area contributed by atoms with Crippen molar-refractivity contribution in [3.05, 3.63) is 29.8 Å². The maximum atomic E-state index is 5.69. The minimum atomic E-state index is 0.0638. The van der Waals surface area contributed by atoms with Gasteiger partial charge in [0.1, 0.15) is 0 Å². The number of benzene rings is 1. The average Bonchev–Trinajstić information content (AvgIpc) is 2.24. The summed E-state index contributed by atoms with van der Waals surface area (Å²) in [5.41, 5.74) is 7.57. The van der Waals surface area contributed by atoms with Gasteiger partial charge in [-0.05, 0) is 31.5 Å². The molecule has 84 valence electrons. The van der Waals surface area contributed by atoms with Gasteiger partial charge in [-0.2, -0.15) is 0 Å². The van der Waals surface area contributed by atoms with Crippen LogP contribution in [0.15, 0.2) is 24.3 Å². The average molecular weight is 209 g/mol. The summed E-state index contributed by atoms with van der Waals surface area (Å²) < 4.78 is 10.8. The molecule has 0 saturated heterocycles. The Balaban J connectivity index is 2.36. The summed E-state index contributed by atoms with van der Waals surface area (Å²) in [6, 6.07) is 7.76. The van der Waals surface area contributed by atoms with Crippen LogP contribution in [-0.4, -0.2) is 19.8 Å². The van der Waals surface area contributed by atoms with Gasteiger partial charge in [-0.1, -0.05) is 12.1 Å². The topological polar surface area (TPSA) is 44.5 Å². The molecule has 0 saturated carbocycles. The second-order valence-electron chi connectivity index (χ2n) is 3.38. The van der Waals surface area contributed by atoms with E-state index in [0.717, 1.165) is 17.9 Å². The molecule has 1 aromatic carbocycles. The van der Waals surface area contributed by atoms with E-state index in [2.05, 4.69) is 0 Å². The van der Waals surface area contributed by atoms with E-state index in [-0.39, 0.29) is 6.10 Å². The van der Waals surface area contributed by atoms with Gasteiger partial charge >= 0.3 is 0 Å². The van der Waals surface area contributed by atoms with E-state index in [9.17, 15) is 0 Å². The van der Waals surface area contributed by atoms with Gasteiger partial charge < -0.3 is 15.2 Å². The third kappa shape index (κ3) is 4.32. The Morgan fingerprint density at radius 3 is 2.80 bits per heavy atom. The normalized spacial score (nSPS) is 12.7. The Kier molecular flexibility index (Phi) is 5.15. The highest BCUT2D eigenvalue weighted by Crippen LogP contribution is 2.18. The smallest absolute Gasteiger partial charge is 0.0798 e. The summed E-state index contributed by atoms with van der Waals surface area (Å²) in [6.45, 7) is 5.98. The van der Waals surface area contributed by atoms with Crippen molar-refractivity contribution in [3.63, 3.8) is 0 Å². The van der Waals surface area contributed by atoms with Crippen LogP contribution < -0.4 is 5.73 Å². The van der Waals surface area contributed by atoms with Gasteiger partial charge in [0.15, 0.2) is 0 Å². The molecule has 3 nitrogen and oxygen atoms in total. The Morgan fingerprint density at radius 2 is 2.13 bits per heavy atom. The van der Waals surface area contributed by atoms with E-state index in [1.807, 2.05) is 38.1 Å². The summed E-state index contributed by atoms with van der Waals surface area (Å²) in [5, 5.41) is 0. The van der Waals surface area contributed by atoms with Crippen LogP contribution in [0.25, 0.3) is 0 Å². The summed E-state index contributed by atoms with van der Waals surface area (Å²) in [5.74, 6) is 0. The summed E-state index contributed by atoms with van der Waals surface area (Å²) >= 11 is 0. The molecular formula is C12H19NO2. The zero-order valence-electron chi connectivity index (χ0n) is 9.40. The zero-order chi connectivity index (χ0) is 11.1. The Bertz CT molecular complexity index is 289. The van der Waals surface area contributed by atoms with Crippen molar-refractivity contribution in [2.24, 2.45) is 0 Å². The van der Waals surface area contributed by atoms with Crippen LogP contribution in [0.5, 0.6) is 0 Å². The minimum absolute atomic E-state index is 0.0638. The Hall–Kier alpha value is -1.06. The maximum absolute atomic E-state index is 5.69. The zero-order valence-corrected chi connectivity index (χ0v) is 9.40. The van der Waals surface area contributed by atoms with E-state index >= 15 is 0 Å². The summed E-state index contributed by atoms with van der Waals surface area (Å²) in [4.78, 5) is 0. The lowest BCUT2D eigenvalue weighted by Gasteiger charge is -2.13. The van der Waals surface area contributed by atoms with Crippen molar-refractivity contribution in [1.82, 2.24) is 0 Å². The lowest BCUT2D eigenvalue weighted by atomic mass is 10.1. The van der Waals surface area contributed by atoms with Gasteiger partial charge in [0.05, 0.1) is 19.3 Å². The molecule has 0 aliphatic rings. The fourth-order valence-electron chi connectivity index (χ4n) is 1.34. The molecule has 0 spiro atoms. The van der Waals surface area contributed by atoms with Crippen LogP contribution in [0.1, 0.15) is 25.5 Å². The standard InChI is InChI=1S/C12H19NO2/c1-3-14-7-8-15-10(2)11-5-4-6-12(13)9-11/h4-6,9-10H,3,7-8,13H2,1-2H3. The van der Waals surface area contributed by atoms with E-state index < -0.39 is 0 Å². The molecule has 3 heteroatoms. The second-order valence-corrected chi connectivity index (χ2v) is 3.38. The first-order chi connectivity index (χ1) is 7.24. The van der Waals surface area contributed by atoms with Gasteiger partial charge in [0.25, 0.3) is 0 Å². The molecule has 1 atom stereocenters. The lowest BCUT2D eigenvalue weighted by molar-refractivity contribution is 0.0146. The van der Waals surface area contributed by atoms with Gasteiger partial charge in [-0.25, -0.2) is 0 Å². The number of nitrogen functional groups attached to an aromatic ring is 1. The first-order valence-electron chi connectivity index (χ1n) is 5.28. The molecule has 0 radical (unpaired) electrons. The predicted octanol–water partition coefficient (Wildman–Crippen LogP) is 2.38. The molecule has 0 fully saturated rings. The Labute approximate surface area is 91.2 Å². The number of nitrogens with two attached hydrogens (primary N) is 1. The van der Waals surface area contributed by atoms with Crippen LogP contribution in [0.2, 0.25) is 0 Å².